The SMILES string of the molecule is COc1ccc(C(CNC(=O)c2ccccc2OCc2c(C)noc2C)c2c[nH]c3ccccc23)cc1. The molecule has 0 spiro atoms. The van der Waals surface area contributed by atoms with Gasteiger partial charge in [-0.1, -0.05) is 47.6 Å². The van der Waals surface area contributed by atoms with Crippen molar-refractivity contribution in [1.82, 2.24) is 15.5 Å². The lowest BCUT2D eigenvalue weighted by Crippen LogP contribution is -2.29. The van der Waals surface area contributed by atoms with Gasteiger partial charge in [0.25, 0.3) is 5.91 Å². The molecular formula is C30H29N3O4. The summed E-state index contributed by atoms with van der Waals surface area (Å²) in [5.74, 6) is 1.73. The fourth-order valence-corrected chi connectivity index (χ4v) is 4.55. The van der Waals surface area contributed by atoms with Crippen LogP contribution in [0.25, 0.3) is 10.9 Å². The number of nitrogens with zero attached hydrogens (tertiary/aromatic N) is 1. The smallest absolute Gasteiger partial charge is 0.255 e. The predicted molar refractivity (Wildman–Crippen MR) is 142 cm³/mol. The number of fused-ring (bicyclic) bond motifs is 1. The molecule has 2 N–H and O–H groups in total. The van der Waals surface area contributed by atoms with Crippen LogP contribution in [0.5, 0.6) is 11.5 Å². The largest absolute Gasteiger partial charge is 0.497 e. The van der Waals surface area contributed by atoms with Gasteiger partial charge in [-0.15, -0.1) is 0 Å². The van der Waals surface area contributed by atoms with Gasteiger partial charge in [0.1, 0.15) is 23.9 Å². The van der Waals surface area contributed by atoms with Gasteiger partial charge in [-0.2, -0.15) is 0 Å². The molecule has 0 radical (unpaired) electrons. The summed E-state index contributed by atoms with van der Waals surface area (Å²) in [6.45, 7) is 4.40. The number of methoxy groups -OCH3 is 1. The fraction of sp³-hybridized carbons (Fsp3) is 0.200. The summed E-state index contributed by atoms with van der Waals surface area (Å²) >= 11 is 0. The molecule has 0 aliphatic carbocycles. The van der Waals surface area contributed by atoms with E-state index in [0.29, 0.717) is 23.6 Å². The monoisotopic (exact) mass is 495 g/mol. The van der Waals surface area contributed by atoms with Gasteiger partial charge in [-0.05, 0) is 55.3 Å². The number of aromatic nitrogens is 2. The van der Waals surface area contributed by atoms with E-state index in [2.05, 4.69) is 27.6 Å². The van der Waals surface area contributed by atoms with E-state index < -0.39 is 0 Å². The summed E-state index contributed by atoms with van der Waals surface area (Å²) < 4.78 is 16.6. The molecule has 5 rings (SSSR count). The number of benzene rings is 3. The van der Waals surface area contributed by atoms with Crippen molar-refractivity contribution >= 4 is 16.8 Å². The van der Waals surface area contributed by atoms with Crippen molar-refractivity contribution in [2.75, 3.05) is 13.7 Å². The van der Waals surface area contributed by atoms with Gasteiger partial charge >= 0.3 is 0 Å². The second-order valence-corrected chi connectivity index (χ2v) is 8.91. The van der Waals surface area contributed by atoms with Crippen molar-refractivity contribution in [3.63, 3.8) is 0 Å². The highest BCUT2D eigenvalue weighted by Gasteiger charge is 2.21. The molecule has 1 amide bonds. The van der Waals surface area contributed by atoms with E-state index in [1.54, 1.807) is 19.2 Å². The summed E-state index contributed by atoms with van der Waals surface area (Å²) in [6, 6.07) is 23.4. The maximum Gasteiger partial charge on any atom is 0.255 e. The van der Waals surface area contributed by atoms with Crippen LogP contribution in [-0.4, -0.2) is 29.7 Å². The van der Waals surface area contributed by atoms with E-state index in [0.717, 1.165) is 39.0 Å². The van der Waals surface area contributed by atoms with E-state index >= 15 is 0 Å². The summed E-state index contributed by atoms with van der Waals surface area (Å²) in [5, 5.41) is 8.24. The van der Waals surface area contributed by atoms with Crippen molar-refractivity contribution in [2.45, 2.75) is 26.4 Å². The van der Waals surface area contributed by atoms with Gasteiger partial charge < -0.3 is 24.3 Å². The molecule has 0 saturated heterocycles. The molecule has 37 heavy (non-hydrogen) atoms. The number of hydrogen-bond acceptors (Lipinski definition) is 5. The van der Waals surface area contributed by atoms with Crippen molar-refractivity contribution in [3.05, 3.63) is 113 Å². The first-order valence-corrected chi connectivity index (χ1v) is 12.2. The molecule has 1 unspecified atom stereocenters. The number of H-pyrrole nitrogens is 1. The van der Waals surface area contributed by atoms with Crippen molar-refractivity contribution in [1.29, 1.82) is 0 Å². The Morgan fingerprint density at radius 2 is 1.78 bits per heavy atom. The van der Waals surface area contributed by atoms with Crippen LogP contribution in [0.1, 0.15) is 44.4 Å². The molecule has 0 saturated carbocycles. The van der Waals surface area contributed by atoms with Gasteiger partial charge in [0, 0.05) is 29.6 Å². The van der Waals surface area contributed by atoms with Crippen LogP contribution in [0.4, 0.5) is 0 Å². The minimum atomic E-state index is -0.201. The molecule has 5 aromatic rings. The molecule has 188 valence electrons. The topological polar surface area (TPSA) is 89.4 Å². The Morgan fingerprint density at radius 3 is 2.54 bits per heavy atom. The number of rotatable bonds is 9. The predicted octanol–water partition coefficient (Wildman–Crippen LogP) is 5.92. The maximum absolute atomic E-state index is 13.4. The number of para-hydroxylation sites is 2. The Bertz CT molecular complexity index is 1500. The molecule has 7 heteroatoms. The lowest BCUT2D eigenvalue weighted by atomic mass is 9.90. The molecule has 0 aliphatic rings. The highest BCUT2D eigenvalue weighted by Crippen LogP contribution is 2.32. The van der Waals surface area contributed by atoms with Crippen LogP contribution >= 0.6 is 0 Å². The van der Waals surface area contributed by atoms with Gasteiger partial charge in [0.2, 0.25) is 0 Å². The molecule has 2 heterocycles. The second kappa shape index (κ2) is 10.6. The molecular weight excluding hydrogens is 466 g/mol. The maximum atomic E-state index is 13.4. The molecule has 3 aromatic carbocycles. The van der Waals surface area contributed by atoms with Gasteiger partial charge in [-0.25, -0.2) is 0 Å². The van der Waals surface area contributed by atoms with E-state index in [1.165, 1.54) is 0 Å². The highest BCUT2D eigenvalue weighted by atomic mass is 16.5. The van der Waals surface area contributed by atoms with Crippen LogP contribution in [0.15, 0.2) is 83.5 Å². The molecule has 7 nitrogen and oxygen atoms in total. The zero-order valence-corrected chi connectivity index (χ0v) is 21.1. The van der Waals surface area contributed by atoms with E-state index in [-0.39, 0.29) is 18.4 Å². The third kappa shape index (κ3) is 5.07. The number of hydrogen-bond donors (Lipinski definition) is 2. The number of carbonyl (C=O) groups excluding carboxylic acids is 1. The second-order valence-electron chi connectivity index (χ2n) is 8.91. The third-order valence-electron chi connectivity index (χ3n) is 6.67. The molecule has 1 atom stereocenters. The van der Waals surface area contributed by atoms with Crippen LogP contribution in [0.2, 0.25) is 0 Å². The molecule has 2 aromatic heterocycles. The summed E-state index contributed by atoms with van der Waals surface area (Å²) in [7, 11) is 1.65. The first kappa shape index (κ1) is 24.2. The molecule has 0 fully saturated rings. The lowest BCUT2D eigenvalue weighted by Gasteiger charge is -2.19. The van der Waals surface area contributed by atoms with Crippen LogP contribution in [-0.2, 0) is 6.61 Å². The van der Waals surface area contributed by atoms with Crippen LogP contribution in [0.3, 0.4) is 0 Å². The first-order valence-electron chi connectivity index (χ1n) is 12.2. The van der Waals surface area contributed by atoms with E-state index in [9.17, 15) is 4.79 Å². The lowest BCUT2D eigenvalue weighted by molar-refractivity contribution is 0.0948. The molecule has 0 bridgehead atoms. The standard InChI is InChI=1S/C30H29N3O4/c1-19-27(20(2)37-33-19)18-36-29-11-7-5-9-24(29)30(34)32-16-25(21-12-14-22(35-3)15-13-21)26-17-31-28-10-6-4-8-23(26)28/h4-15,17,25,31H,16,18H2,1-3H3,(H,32,34). The van der Waals surface area contributed by atoms with E-state index in [4.69, 9.17) is 14.0 Å². The van der Waals surface area contributed by atoms with Gasteiger partial charge in [0.05, 0.1) is 23.9 Å². The number of ether oxygens (including phenoxy) is 2. The third-order valence-corrected chi connectivity index (χ3v) is 6.67. The number of nitrogens with one attached hydrogen (secondary N) is 2. The summed E-state index contributed by atoms with van der Waals surface area (Å²) in [4.78, 5) is 16.7. The number of aryl methyl sites for hydroxylation is 2. The van der Waals surface area contributed by atoms with Gasteiger partial charge in [-0.3, -0.25) is 4.79 Å². The summed E-state index contributed by atoms with van der Waals surface area (Å²) in [6.07, 6.45) is 2.02. The summed E-state index contributed by atoms with van der Waals surface area (Å²) in [5.41, 5.74) is 5.38. The van der Waals surface area contributed by atoms with Crippen molar-refractivity contribution in [3.8, 4) is 11.5 Å². The zero-order valence-electron chi connectivity index (χ0n) is 21.1. The van der Waals surface area contributed by atoms with Crippen molar-refractivity contribution in [2.24, 2.45) is 0 Å². The fourth-order valence-electron chi connectivity index (χ4n) is 4.55. The number of carbonyl (C=O) groups is 1. The highest BCUT2D eigenvalue weighted by molar-refractivity contribution is 5.97. The molecule has 0 aliphatic heterocycles. The number of aromatic amines is 1. The normalized spacial score (nSPS) is 11.9. The first-order chi connectivity index (χ1) is 18.0. The van der Waals surface area contributed by atoms with Gasteiger partial charge in [0.15, 0.2) is 0 Å². The van der Waals surface area contributed by atoms with Crippen LogP contribution < -0.4 is 14.8 Å². The average Bonchev–Trinajstić information content (AvgIpc) is 3.50. The van der Waals surface area contributed by atoms with Crippen LogP contribution in [0, 0.1) is 13.8 Å². The Labute approximate surface area is 215 Å². The quantitative estimate of drug-likeness (QED) is 0.265. The van der Waals surface area contributed by atoms with Crippen molar-refractivity contribution < 1.29 is 18.8 Å². The number of amides is 1. The Hall–Kier alpha value is -4.52. The Kier molecular flexibility index (Phi) is 6.94. The Morgan fingerprint density at radius 1 is 1.03 bits per heavy atom. The van der Waals surface area contributed by atoms with E-state index in [1.807, 2.05) is 68.6 Å². The zero-order chi connectivity index (χ0) is 25.8. The Balaban J connectivity index is 1.38. The minimum absolute atomic E-state index is 0.0682. The minimum Gasteiger partial charge on any atom is -0.497 e. The average molecular weight is 496 g/mol.